The molecule has 4 aliphatic carbocycles. The molecule has 5 heteroatoms. The lowest BCUT2D eigenvalue weighted by atomic mass is 9.49. The molecule has 4 saturated carbocycles. The first-order valence-electron chi connectivity index (χ1n) is 10.7. The smallest absolute Gasteiger partial charge is 0.247 e. The first kappa shape index (κ1) is 17.7. The molecule has 0 radical (unpaired) electrons. The Morgan fingerprint density at radius 2 is 1.64 bits per heavy atom. The molecule has 1 saturated heterocycles. The molecule has 5 fully saturated rings. The maximum atomic E-state index is 13.7. The standard InChI is InChI=1S/C23H27N3O2/c24-14-15-3-5-19(6-4-15)25-21(27)20-2-1-7-26(20)22(28)23-11-16-8-17(12-23)10-18(9-16)13-23/h3-6,16-18,20H,1-2,7-13H2,(H,25,27)/t16?,17?,18?,20-,23?/m0/s1. The van der Waals surface area contributed by atoms with Crippen molar-refractivity contribution in [3.05, 3.63) is 29.8 Å². The van der Waals surface area contributed by atoms with E-state index in [-0.39, 0.29) is 23.3 Å². The molecule has 2 amide bonds. The number of hydrogen-bond acceptors (Lipinski definition) is 3. The summed E-state index contributed by atoms with van der Waals surface area (Å²) in [5, 5.41) is 11.9. The molecule has 0 spiro atoms. The summed E-state index contributed by atoms with van der Waals surface area (Å²) in [6, 6.07) is 8.60. The monoisotopic (exact) mass is 377 g/mol. The minimum absolute atomic E-state index is 0.0970. The van der Waals surface area contributed by atoms with Crippen molar-refractivity contribution >= 4 is 17.5 Å². The van der Waals surface area contributed by atoms with E-state index in [1.165, 1.54) is 19.3 Å². The number of hydrogen-bond donors (Lipinski definition) is 1. The summed E-state index contributed by atoms with van der Waals surface area (Å²) in [5.41, 5.74) is 1.06. The van der Waals surface area contributed by atoms with Crippen LogP contribution in [0.15, 0.2) is 24.3 Å². The van der Waals surface area contributed by atoms with Crippen LogP contribution in [0.1, 0.15) is 56.9 Å². The summed E-state index contributed by atoms with van der Waals surface area (Å²) in [6.45, 7) is 0.700. The molecule has 0 aromatic heterocycles. The number of nitrogens with one attached hydrogen (secondary N) is 1. The molecule has 146 valence electrons. The van der Waals surface area contributed by atoms with E-state index in [0.29, 0.717) is 17.8 Å². The summed E-state index contributed by atoms with van der Waals surface area (Å²) in [4.78, 5) is 28.5. The lowest BCUT2D eigenvalue weighted by Gasteiger charge is -2.56. The fourth-order valence-corrected chi connectivity index (χ4v) is 6.81. The van der Waals surface area contributed by atoms with Gasteiger partial charge in [0.25, 0.3) is 0 Å². The van der Waals surface area contributed by atoms with Crippen LogP contribution in [0.5, 0.6) is 0 Å². The second kappa shape index (κ2) is 6.62. The zero-order valence-electron chi connectivity index (χ0n) is 16.2. The van der Waals surface area contributed by atoms with Gasteiger partial charge >= 0.3 is 0 Å². The van der Waals surface area contributed by atoms with Gasteiger partial charge in [0.1, 0.15) is 6.04 Å². The second-order valence-corrected chi connectivity index (χ2v) is 9.53. The minimum Gasteiger partial charge on any atom is -0.330 e. The molecule has 1 heterocycles. The number of carbonyl (C=O) groups excluding carboxylic acids is 2. The molecular formula is C23H27N3O2. The van der Waals surface area contributed by atoms with Crippen molar-refractivity contribution in [2.75, 3.05) is 11.9 Å². The zero-order valence-corrected chi connectivity index (χ0v) is 16.2. The van der Waals surface area contributed by atoms with E-state index in [4.69, 9.17) is 5.26 Å². The van der Waals surface area contributed by atoms with Crippen molar-refractivity contribution in [3.8, 4) is 6.07 Å². The summed E-state index contributed by atoms with van der Waals surface area (Å²) in [5.74, 6) is 2.33. The maximum Gasteiger partial charge on any atom is 0.247 e. The van der Waals surface area contributed by atoms with E-state index in [1.807, 2.05) is 4.90 Å². The van der Waals surface area contributed by atoms with E-state index in [2.05, 4.69) is 11.4 Å². The van der Waals surface area contributed by atoms with Crippen molar-refractivity contribution in [1.82, 2.24) is 4.90 Å². The third kappa shape index (κ3) is 2.90. The third-order valence-corrected chi connectivity index (χ3v) is 7.59. The molecule has 5 nitrogen and oxygen atoms in total. The summed E-state index contributed by atoms with van der Waals surface area (Å²) in [6.07, 6.45) is 8.69. The highest BCUT2D eigenvalue weighted by Gasteiger charge is 2.56. The molecule has 5 aliphatic rings. The van der Waals surface area contributed by atoms with E-state index in [1.54, 1.807) is 24.3 Å². The van der Waals surface area contributed by atoms with Crippen LogP contribution in [0.3, 0.4) is 0 Å². The van der Waals surface area contributed by atoms with Crippen molar-refractivity contribution in [2.45, 2.75) is 57.4 Å². The first-order chi connectivity index (χ1) is 13.6. The summed E-state index contributed by atoms with van der Waals surface area (Å²) in [7, 11) is 0. The topological polar surface area (TPSA) is 73.2 Å². The van der Waals surface area contributed by atoms with Gasteiger partial charge in [-0.05, 0) is 93.4 Å². The molecular weight excluding hydrogens is 350 g/mol. The normalized spacial score (nSPS) is 35.6. The molecule has 4 bridgehead atoms. The Hall–Kier alpha value is -2.35. The number of nitriles is 1. The predicted molar refractivity (Wildman–Crippen MR) is 105 cm³/mol. The van der Waals surface area contributed by atoms with Crippen LogP contribution in [0.2, 0.25) is 0 Å². The highest BCUT2D eigenvalue weighted by molar-refractivity contribution is 5.98. The Morgan fingerprint density at radius 3 is 2.21 bits per heavy atom. The average Bonchev–Trinajstić information content (AvgIpc) is 3.17. The van der Waals surface area contributed by atoms with Gasteiger partial charge in [0, 0.05) is 12.2 Å². The minimum atomic E-state index is -0.365. The van der Waals surface area contributed by atoms with Gasteiger partial charge < -0.3 is 10.2 Å². The number of anilines is 1. The molecule has 1 N–H and O–H groups in total. The van der Waals surface area contributed by atoms with Crippen molar-refractivity contribution in [1.29, 1.82) is 5.26 Å². The predicted octanol–water partition coefficient (Wildman–Crippen LogP) is 3.70. The molecule has 1 atom stereocenters. The fraction of sp³-hybridized carbons (Fsp3) is 0.609. The van der Waals surface area contributed by atoms with Gasteiger partial charge in [-0.15, -0.1) is 0 Å². The first-order valence-corrected chi connectivity index (χ1v) is 10.7. The quantitative estimate of drug-likeness (QED) is 0.873. The van der Waals surface area contributed by atoms with E-state index in [0.717, 1.165) is 49.9 Å². The second-order valence-electron chi connectivity index (χ2n) is 9.53. The number of benzene rings is 1. The van der Waals surface area contributed by atoms with Gasteiger partial charge in [0.15, 0.2) is 0 Å². The Labute approximate surface area is 166 Å². The number of likely N-dealkylation sites (tertiary alicyclic amines) is 1. The van der Waals surface area contributed by atoms with Crippen molar-refractivity contribution in [3.63, 3.8) is 0 Å². The maximum absolute atomic E-state index is 13.7. The number of rotatable bonds is 3. The Bertz CT molecular complexity index is 803. The molecule has 1 aromatic carbocycles. The largest absolute Gasteiger partial charge is 0.330 e. The summed E-state index contributed by atoms with van der Waals surface area (Å²) < 4.78 is 0. The molecule has 0 unspecified atom stereocenters. The van der Waals surface area contributed by atoms with Gasteiger partial charge in [0.2, 0.25) is 11.8 Å². The SMILES string of the molecule is N#Cc1ccc(NC(=O)[C@@H]2CCCN2C(=O)C23CC4CC(CC(C4)C2)C3)cc1. The van der Waals surface area contributed by atoms with Gasteiger partial charge in [0.05, 0.1) is 17.0 Å². The van der Waals surface area contributed by atoms with Gasteiger partial charge in [-0.2, -0.15) is 5.26 Å². The van der Waals surface area contributed by atoms with Crippen LogP contribution >= 0.6 is 0 Å². The van der Waals surface area contributed by atoms with Crippen LogP contribution in [-0.4, -0.2) is 29.3 Å². The highest BCUT2D eigenvalue weighted by Crippen LogP contribution is 2.60. The van der Waals surface area contributed by atoms with E-state index >= 15 is 0 Å². The van der Waals surface area contributed by atoms with Crippen LogP contribution in [0.4, 0.5) is 5.69 Å². The van der Waals surface area contributed by atoms with Crippen LogP contribution in [0, 0.1) is 34.5 Å². The van der Waals surface area contributed by atoms with Crippen LogP contribution < -0.4 is 5.32 Å². The molecule has 1 aliphatic heterocycles. The van der Waals surface area contributed by atoms with E-state index in [9.17, 15) is 9.59 Å². The molecule has 1 aromatic rings. The highest BCUT2D eigenvalue weighted by atomic mass is 16.2. The zero-order chi connectivity index (χ0) is 19.3. The Balaban J connectivity index is 1.31. The third-order valence-electron chi connectivity index (χ3n) is 7.59. The summed E-state index contributed by atoms with van der Waals surface area (Å²) >= 11 is 0. The number of carbonyl (C=O) groups is 2. The molecule has 28 heavy (non-hydrogen) atoms. The number of amides is 2. The van der Waals surface area contributed by atoms with Crippen molar-refractivity contribution in [2.24, 2.45) is 23.2 Å². The van der Waals surface area contributed by atoms with Crippen LogP contribution in [0.25, 0.3) is 0 Å². The van der Waals surface area contributed by atoms with Gasteiger partial charge in [-0.3, -0.25) is 9.59 Å². The lowest BCUT2D eigenvalue weighted by Crippen LogP contribution is -2.56. The van der Waals surface area contributed by atoms with Gasteiger partial charge in [-0.1, -0.05) is 0 Å². The van der Waals surface area contributed by atoms with E-state index < -0.39 is 0 Å². The fourth-order valence-electron chi connectivity index (χ4n) is 6.81. The Morgan fingerprint density at radius 1 is 1.04 bits per heavy atom. The number of nitrogens with zero attached hydrogens (tertiary/aromatic N) is 2. The van der Waals surface area contributed by atoms with Crippen LogP contribution in [-0.2, 0) is 9.59 Å². The molecule has 6 rings (SSSR count). The lowest BCUT2D eigenvalue weighted by molar-refractivity contribution is -0.160. The Kier molecular flexibility index (Phi) is 4.19. The van der Waals surface area contributed by atoms with Gasteiger partial charge in [-0.25, -0.2) is 0 Å². The van der Waals surface area contributed by atoms with Crippen molar-refractivity contribution < 1.29 is 9.59 Å². The average molecular weight is 377 g/mol.